The van der Waals surface area contributed by atoms with Gasteiger partial charge in [-0.25, -0.2) is 5.48 Å². The van der Waals surface area contributed by atoms with Crippen LogP contribution in [0.4, 0.5) is 5.69 Å². The molecule has 0 fully saturated rings. The normalized spacial score (nSPS) is 11.4. The van der Waals surface area contributed by atoms with E-state index in [1.54, 1.807) is 29.7 Å². The van der Waals surface area contributed by atoms with Crippen molar-refractivity contribution in [3.8, 4) is 0 Å². The monoisotopic (exact) mass is 453 g/mol. The molecule has 0 aliphatic rings. The summed E-state index contributed by atoms with van der Waals surface area (Å²) in [6.45, 7) is 0. The smallest absolute Gasteiger partial charge is 0.274 e. The number of hydrogen-bond donors (Lipinski definition) is 4. The minimum atomic E-state index is -0.832. The molecule has 0 saturated carbocycles. The molecule has 3 amide bonds. The summed E-state index contributed by atoms with van der Waals surface area (Å²) in [5.74, 6) is -1.39. The molecule has 7 nitrogen and oxygen atoms in total. The predicted molar refractivity (Wildman–Crippen MR) is 130 cm³/mol. The average Bonchev–Trinajstić information content (AvgIpc) is 2.88. The van der Waals surface area contributed by atoms with E-state index in [0.29, 0.717) is 17.7 Å². The number of benzene rings is 4. The fourth-order valence-corrected chi connectivity index (χ4v) is 3.63. The second kappa shape index (κ2) is 10.4. The first-order valence-electron chi connectivity index (χ1n) is 10.7. The predicted octanol–water partition coefficient (Wildman–Crippen LogP) is 3.94. The number of amides is 3. The van der Waals surface area contributed by atoms with E-state index in [1.807, 2.05) is 60.7 Å². The Morgan fingerprint density at radius 1 is 0.706 bits per heavy atom. The van der Waals surface area contributed by atoms with Crippen LogP contribution in [0.1, 0.15) is 26.3 Å². The molecule has 0 heterocycles. The van der Waals surface area contributed by atoms with Crippen LogP contribution in [0.25, 0.3) is 10.8 Å². The van der Waals surface area contributed by atoms with Gasteiger partial charge in [0, 0.05) is 23.2 Å². The number of fused-ring (bicyclic) bond motifs is 1. The van der Waals surface area contributed by atoms with E-state index in [-0.39, 0.29) is 11.5 Å². The summed E-state index contributed by atoms with van der Waals surface area (Å²) in [7, 11) is 0. The molecule has 0 aliphatic carbocycles. The molecule has 0 aromatic heterocycles. The molecule has 0 bridgehead atoms. The van der Waals surface area contributed by atoms with Crippen LogP contribution < -0.4 is 16.1 Å². The van der Waals surface area contributed by atoms with Gasteiger partial charge < -0.3 is 10.6 Å². The molecule has 7 heteroatoms. The highest BCUT2D eigenvalue weighted by atomic mass is 16.5. The number of hydrogen-bond acceptors (Lipinski definition) is 4. The Hall–Kier alpha value is -4.49. The molecule has 34 heavy (non-hydrogen) atoms. The number of anilines is 1. The zero-order valence-electron chi connectivity index (χ0n) is 18.2. The third-order valence-corrected chi connectivity index (χ3v) is 5.43. The van der Waals surface area contributed by atoms with Gasteiger partial charge in [0.05, 0.1) is 0 Å². The lowest BCUT2D eigenvalue weighted by atomic mass is 10.0. The topological polar surface area (TPSA) is 108 Å². The number of rotatable bonds is 7. The molecule has 4 rings (SSSR count). The Morgan fingerprint density at radius 2 is 1.35 bits per heavy atom. The largest absolute Gasteiger partial charge is 0.340 e. The van der Waals surface area contributed by atoms with Crippen molar-refractivity contribution < 1.29 is 19.6 Å². The number of hydroxylamine groups is 1. The maximum Gasteiger partial charge on any atom is 0.274 e. The van der Waals surface area contributed by atoms with Crippen molar-refractivity contribution >= 4 is 34.2 Å². The van der Waals surface area contributed by atoms with Crippen LogP contribution in [0, 0.1) is 0 Å². The quantitative estimate of drug-likeness (QED) is 0.251. The van der Waals surface area contributed by atoms with Crippen molar-refractivity contribution in [2.45, 2.75) is 12.5 Å². The average molecular weight is 453 g/mol. The van der Waals surface area contributed by atoms with Gasteiger partial charge in [-0.3, -0.25) is 19.6 Å². The summed E-state index contributed by atoms with van der Waals surface area (Å²) in [4.78, 5) is 37.7. The highest BCUT2D eigenvalue weighted by molar-refractivity contribution is 6.03. The minimum Gasteiger partial charge on any atom is -0.340 e. The van der Waals surface area contributed by atoms with E-state index < -0.39 is 17.9 Å². The van der Waals surface area contributed by atoms with Crippen molar-refractivity contribution in [1.82, 2.24) is 10.8 Å². The highest BCUT2D eigenvalue weighted by Crippen LogP contribution is 2.16. The third kappa shape index (κ3) is 5.46. The third-order valence-electron chi connectivity index (χ3n) is 5.43. The SMILES string of the molecule is O=C(NO)c1ccc(NC(=O)[C@H](Cc2ccccc2)NC(=O)c2ccc3ccccc3c2)cc1. The van der Waals surface area contributed by atoms with Crippen LogP contribution in [0.3, 0.4) is 0 Å². The van der Waals surface area contributed by atoms with Gasteiger partial charge >= 0.3 is 0 Å². The Bertz CT molecular complexity index is 1320. The molecule has 4 aromatic rings. The second-order valence-electron chi connectivity index (χ2n) is 7.79. The molecule has 0 aliphatic heterocycles. The molecule has 0 radical (unpaired) electrons. The lowest BCUT2D eigenvalue weighted by Crippen LogP contribution is -2.45. The first kappa shape index (κ1) is 22.7. The first-order chi connectivity index (χ1) is 16.5. The van der Waals surface area contributed by atoms with Crippen molar-refractivity contribution in [2.24, 2.45) is 0 Å². The van der Waals surface area contributed by atoms with Gasteiger partial charge in [-0.2, -0.15) is 0 Å². The van der Waals surface area contributed by atoms with Gasteiger partial charge in [0.15, 0.2) is 0 Å². The highest BCUT2D eigenvalue weighted by Gasteiger charge is 2.22. The number of nitrogens with one attached hydrogen (secondary N) is 3. The number of carbonyl (C=O) groups excluding carboxylic acids is 3. The van der Waals surface area contributed by atoms with Crippen molar-refractivity contribution in [3.05, 3.63) is 114 Å². The summed E-state index contributed by atoms with van der Waals surface area (Å²) in [6.07, 6.45) is 0.303. The van der Waals surface area contributed by atoms with Gasteiger partial charge in [-0.05, 0) is 52.7 Å². The van der Waals surface area contributed by atoms with Crippen LogP contribution in [0.2, 0.25) is 0 Å². The summed E-state index contributed by atoms with van der Waals surface area (Å²) >= 11 is 0. The summed E-state index contributed by atoms with van der Waals surface area (Å²) in [6, 6.07) is 27.8. The fourth-order valence-electron chi connectivity index (χ4n) is 3.63. The molecule has 0 spiro atoms. The Morgan fingerprint density at radius 3 is 2.06 bits per heavy atom. The maximum atomic E-state index is 13.1. The van der Waals surface area contributed by atoms with Crippen LogP contribution >= 0.6 is 0 Å². The lowest BCUT2D eigenvalue weighted by molar-refractivity contribution is -0.118. The van der Waals surface area contributed by atoms with Gasteiger partial charge in [-0.1, -0.05) is 60.7 Å². The first-order valence-corrected chi connectivity index (χ1v) is 10.7. The zero-order valence-corrected chi connectivity index (χ0v) is 18.2. The molecular formula is C27H23N3O4. The summed E-state index contributed by atoms with van der Waals surface area (Å²) < 4.78 is 0. The van der Waals surface area contributed by atoms with E-state index >= 15 is 0 Å². The molecule has 170 valence electrons. The molecular weight excluding hydrogens is 430 g/mol. The number of carbonyl (C=O) groups is 3. The van der Waals surface area contributed by atoms with Crippen molar-refractivity contribution in [3.63, 3.8) is 0 Å². The van der Waals surface area contributed by atoms with Gasteiger partial charge in [0.1, 0.15) is 6.04 Å². The van der Waals surface area contributed by atoms with E-state index in [9.17, 15) is 14.4 Å². The van der Waals surface area contributed by atoms with E-state index in [2.05, 4.69) is 10.6 Å². The maximum absolute atomic E-state index is 13.1. The van der Waals surface area contributed by atoms with E-state index in [1.165, 1.54) is 12.1 Å². The van der Waals surface area contributed by atoms with E-state index in [0.717, 1.165) is 16.3 Å². The summed E-state index contributed by atoms with van der Waals surface area (Å²) in [5.41, 5.74) is 3.62. The Labute approximate surface area is 196 Å². The van der Waals surface area contributed by atoms with Gasteiger partial charge in [0.25, 0.3) is 11.8 Å². The minimum absolute atomic E-state index is 0.242. The van der Waals surface area contributed by atoms with Crippen LogP contribution in [-0.2, 0) is 11.2 Å². The van der Waals surface area contributed by atoms with Crippen LogP contribution in [0.5, 0.6) is 0 Å². The van der Waals surface area contributed by atoms with Crippen molar-refractivity contribution in [2.75, 3.05) is 5.32 Å². The summed E-state index contributed by atoms with van der Waals surface area (Å²) in [5, 5.41) is 16.3. The molecule has 0 saturated heterocycles. The lowest BCUT2D eigenvalue weighted by Gasteiger charge is -2.19. The Kier molecular flexibility index (Phi) is 6.95. The molecule has 0 unspecified atom stereocenters. The molecule has 4 aromatic carbocycles. The van der Waals surface area contributed by atoms with Gasteiger partial charge in [0.2, 0.25) is 5.91 Å². The van der Waals surface area contributed by atoms with E-state index in [4.69, 9.17) is 5.21 Å². The molecule has 1 atom stereocenters. The standard InChI is InChI=1S/C27H23N3O4/c31-25(22-11-10-19-8-4-5-9-21(19)17-22)29-24(16-18-6-2-1-3-7-18)27(33)28-23-14-12-20(13-15-23)26(32)30-34/h1-15,17,24,34H,16H2,(H,28,33)(H,29,31)(H,30,32)/t24-/m0/s1. The zero-order chi connectivity index (χ0) is 23.9. The van der Waals surface area contributed by atoms with Crippen molar-refractivity contribution in [1.29, 1.82) is 0 Å². The molecule has 4 N–H and O–H groups in total. The van der Waals surface area contributed by atoms with Gasteiger partial charge in [-0.15, -0.1) is 0 Å². The second-order valence-corrected chi connectivity index (χ2v) is 7.79. The van der Waals surface area contributed by atoms with Crippen LogP contribution in [-0.4, -0.2) is 29.0 Å². The van der Waals surface area contributed by atoms with Crippen LogP contribution in [0.15, 0.2) is 97.1 Å². The fraction of sp³-hybridized carbons (Fsp3) is 0.0741. The Balaban J connectivity index is 1.53.